The number of fused-ring (bicyclic) bond motifs is 1. The first-order chi connectivity index (χ1) is 7.56. The number of aromatic nitrogens is 1. The molecule has 1 aromatic carbocycles. The fourth-order valence-electron chi connectivity index (χ4n) is 1.80. The molecule has 2 nitrogen and oxygen atoms in total. The van der Waals surface area contributed by atoms with Gasteiger partial charge in [0, 0.05) is 21.8 Å². The van der Waals surface area contributed by atoms with Crippen LogP contribution >= 0.6 is 11.6 Å². The summed E-state index contributed by atoms with van der Waals surface area (Å²) in [7, 11) is 0. The summed E-state index contributed by atoms with van der Waals surface area (Å²) in [5.74, 6) is 0.580. The summed E-state index contributed by atoms with van der Waals surface area (Å²) in [5, 5.41) is 1.62. The number of hydrogen-bond acceptors (Lipinski definition) is 2. The Morgan fingerprint density at radius 1 is 1.31 bits per heavy atom. The van der Waals surface area contributed by atoms with Gasteiger partial charge in [0.15, 0.2) is 0 Å². The Balaban J connectivity index is 2.55. The minimum atomic E-state index is 0.580. The molecule has 2 aromatic rings. The summed E-state index contributed by atoms with van der Waals surface area (Å²) in [5.41, 5.74) is 8.72. The molecule has 2 N–H and O–H groups in total. The number of hydrogen-bond donors (Lipinski definition) is 1. The van der Waals surface area contributed by atoms with Gasteiger partial charge in [-0.2, -0.15) is 0 Å². The molecule has 84 valence electrons. The molecule has 0 saturated heterocycles. The maximum absolute atomic E-state index is 6.00. The Bertz CT molecular complexity index is 521. The molecule has 0 fully saturated rings. The lowest BCUT2D eigenvalue weighted by Crippen LogP contribution is -2.00. The van der Waals surface area contributed by atoms with E-state index >= 15 is 0 Å². The van der Waals surface area contributed by atoms with E-state index in [1.807, 2.05) is 24.3 Å². The lowest BCUT2D eigenvalue weighted by atomic mass is 10.1. The van der Waals surface area contributed by atoms with Gasteiger partial charge in [-0.05, 0) is 36.6 Å². The molecule has 0 radical (unpaired) electrons. The van der Waals surface area contributed by atoms with Crippen LogP contribution in [0.4, 0.5) is 5.69 Å². The summed E-state index contributed by atoms with van der Waals surface area (Å²) < 4.78 is 0. The van der Waals surface area contributed by atoms with E-state index in [9.17, 15) is 0 Å². The van der Waals surface area contributed by atoms with E-state index in [2.05, 4.69) is 18.8 Å². The predicted octanol–water partition coefficient (Wildman–Crippen LogP) is 3.67. The fraction of sp³-hybridized carbons (Fsp3) is 0.308. The van der Waals surface area contributed by atoms with E-state index in [-0.39, 0.29) is 0 Å². The zero-order chi connectivity index (χ0) is 11.7. The van der Waals surface area contributed by atoms with Crippen LogP contribution in [0.25, 0.3) is 10.9 Å². The molecule has 0 saturated carbocycles. The van der Waals surface area contributed by atoms with Gasteiger partial charge in [-0.25, -0.2) is 0 Å². The fourth-order valence-corrected chi connectivity index (χ4v) is 1.98. The molecule has 0 aliphatic heterocycles. The molecule has 16 heavy (non-hydrogen) atoms. The Hall–Kier alpha value is -1.28. The first-order valence-corrected chi connectivity index (χ1v) is 5.78. The molecule has 0 spiro atoms. The minimum absolute atomic E-state index is 0.580. The van der Waals surface area contributed by atoms with Gasteiger partial charge in [-0.1, -0.05) is 25.4 Å². The largest absolute Gasteiger partial charge is 0.398 e. The number of halogens is 1. The molecule has 0 unspecified atom stereocenters. The Labute approximate surface area is 100 Å². The smallest absolute Gasteiger partial charge is 0.0727 e. The van der Waals surface area contributed by atoms with Crippen molar-refractivity contribution in [1.82, 2.24) is 4.98 Å². The topological polar surface area (TPSA) is 38.9 Å². The van der Waals surface area contributed by atoms with Crippen molar-refractivity contribution in [3.8, 4) is 0 Å². The number of pyridine rings is 1. The van der Waals surface area contributed by atoms with Crippen molar-refractivity contribution in [2.45, 2.75) is 20.3 Å². The van der Waals surface area contributed by atoms with Gasteiger partial charge >= 0.3 is 0 Å². The molecule has 0 atom stereocenters. The lowest BCUT2D eigenvalue weighted by molar-refractivity contribution is 0.637. The van der Waals surface area contributed by atoms with Crippen LogP contribution in [-0.2, 0) is 6.42 Å². The number of nitrogens with two attached hydrogens (primary N) is 1. The second-order valence-electron chi connectivity index (χ2n) is 4.46. The number of benzene rings is 1. The maximum atomic E-state index is 6.00. The summed E-state index contributed by atoms with van der Waals surface area (Å²) in [6.45, 7) is 4.34. The Morgan fingerprint density at radius 3 is 2.75 bits per heavy atom. The summed E-state index contributed by atoms with van der Waals surface area (Å²) in [4.78, 5) is 4.58. The predicted molar refractivity (Wildman–Crippen MR) is 69.7 cm³/mol. The number of anilines is 1. The van der Waals surface area contributed by atoms with Gasteiger partial charge in [0.1, 0.15) is 0 Å². The molecular weight excluding hydrogens is 220 g/mol. The van der Waals surface area contributed by atoms with E-state index in [4.69, 9.17) is 17.3 Å². The lowest BCUT2D eigenvalue weighted by Gasteiger charge is -2.08. The van der Waals surface area contributed by atoms with E-state index in [1.54, 1.807) is 0 Å². The van der Waals surface area contributed by atoms with Crippen LogP contribution < -0.4 is 5.73 Å². The molecule has 0 amide bonds. The van der Waals surface area contributed by atoms with Crippen molar-refractivity contribution in [3.05, 3.63) is 35.0 Å². The maximum Gasteiger partial charge on any atom is 0.0727 e. The molecule has 0 aliphatic rings. The van der Waals surface area contributed by atoms with Crippen LogP contribution in [0, 0.1) is 5.92 Å². The third kappa shape index (κ3) is 2.27. The SMILES string of the molecule is CC(C)Cc1cc(N)c2cc(Cl)ccc2n1. The summed E-state index contributed by atoms with van der Waals surface area (Å²) in [6.07, 6.45) is 0.947. The average molecular weight is 235 g/mol. The Morgan fingerprint density at radius 2 is 2.06 bits per heavy atom. The standard InChI is InChI=1S/C13H15ClN2/c1-8(2)5-10-7-12(15)11-6-9(14)3-4-13(11)16-10/h3-4,6-8H,5H2,1-2H3,(H2,15,16). The highest BCUT2D eigenvalue weighted by Gasteiger charge is 2.05. The van der Waals surface area contributed by atoms with E-state index in [0.29, 0.717) is 10.9 Å². The normalized spacial score (nSPS) is 11.2. The highest BCUT2D eigenvalue weighted by Crippen LogP contribution is 2.24. The van der Waals surface area contributed by atoms with Crippen molar-refractivity contribution >= 4 is 28.2 Å². The molecular formula is C13H15ClN2. The van der Waals surface area contributed by atoms with E-state index in [1.165, 1.54) is 0 Å². The molecule has 1 heterocycles. The molecule has 2 rings (SSSR count). The number of nitrogens with zero attached hydrogens (tertiary/aromatic N) is 1. The number of nitrogen functional groups attached to an aromatic ring is 1. The second kappa shape index (κ2) is 4.30. The molecule has 1 aromatic heterocycles. The second-order valence-corrected chi connectivity index (χ2v) is 4.90. The minimum Gasteiger partial charge on any atom is -0.398 e. The summed E-state index contributed by atoms with van der Waals surface area (Å²) in [6, 6.07) is 7.56. The van der Waals surface area contributed by atoms with Crippen molar-refractivity contribution in [1.29, 1.82) is 0 Å². The zero-order valence-corrected chi connectivity index (χ0v) is 10.3. The monoisotopic (exact) mass is 234 g/mol. The summed E-state index contributed by atoms with van der Waals surface area (Å²) >= 11 is 5.93. The van der Waals surface area contributed by atoms with Gasteiger partial charge in [-0.3, -0.25) is 4.98 Å². The zero-order valence-electron chi connectivity index (χ0n) is 9.50. The van der Waals surface area contributed by atoms with Gasteiger partial charge in [0.05, 0.1) is 5.52 Å². The van der Waals surface area contributed by atoms with Gasteiger partial charge < -0.3 is 5.73 Å². The van der Waals surface area contributed by atoms with Crippen molar-refractivity contribution < 1.29 is 0 Å². The quantitative estimate of drug-likeness (QED) is 0.861. The third-order valence-corrected chi connectivity index (χ3v) is 2.71. The average Bonchev–Trinajstić information content (AvgIpc) is 2.18. The Kier molecular flexibility index (Phi) is 3.01. The van der Waals surface area contributed by atoms with Crippen LogP contribution in [0.15, 0.2) is 24.3 Å². The van der Waals surface area contributed by atoms with Crippen LogP contribution in [0.2, 0.25) is 5.02 Å². The third-order valence-electron chi connectivity index (χ3n) is 2.47. The molecule has 0 bridgehead atoms. The highest BCUT2D eigenvalue weighted by molar-refractivity contribution is 6.31. The molecule has 0 aliphatic carbocycles. The van der Waals surface area contributed by atoms with Crippen LogP contribution in [-0.4, -0.2) is 4.98 Å². The van der Waals surface area contributed by atoms with Gasteiger partial charge in [-0.15, -0.1) is 0 Å². The van der Waals surface area contributed by atoms with Crippen LogP contribution in [0.3, 0.4) is 0 Å². The van der Waals surface area contributed by atoms with Crippen LogP contribution in [0.1, 0.15) is 19.5 Å². The van der Waals surface area contributed by atoms with Crippen LogP contribution in [0.5, 0.6) is 0 Å². The highest BCUT2D eigenvalue weighted by atomic mass is 35.5. The van der Waals surface area contributed by atoms with E-state index < -0.39 is 0 Å². The first-order valence-electron chi connectivity index (χ1n) is 5.41. The van der Waals surface area contributed by atoms with Crippen molar-refractivity contribution in [2.24, 2.45) is 5.92 Å². The van der Waals surface area contributed by atoms with Gasteiger partial charge in [0.2, 0.25) is 0 Å². The molecule has 3 heteroatoms. The number of rotatable bonds is 2. The van der Waals surface area contributed by atoms with Gasteiger partial charge in [0.25, 0.3) is 0 Å². The van der Waals surface area contributed by atoms with Crippen molar-refractivity contribution in [2.75, 3.05) is 5.73 Å². The first kappa shape index (κ1) is 11.2. The van der Waals surface area contributed by atoms with E-state index in [0.717, 1.165) is 28.7 Å². The van der Waals surface area contributed by atoms with Crippen molar-refractivity contribution in [3.63, 3.8) is 0 Å².